The molecule has 0 saturated carbocycles. The van der Waals surface area contributed by atoms with Gasteiger partial charge in [0, 0.05) is 18.3 Å². The first kappa shape index (κ1) is 12.2. The van der Waals surface area contributed by atoms with Crippen LogP contribution in [0.5, 0.6) is 0 Å². The smallest absolute Gasteiger partial charge is 0.0644 e. The summed E-state index contributed by atoms with van der Waals surface area (Å²) >= 11 is 0. The molecule has 1 unspecified atom stereocenters. The minimum atomic E-state index is 0.0767. The molecule has 0 aliphatic rings. The standard InChI is InChI=1S/C11H22N4/c1-7-9(8(2)15(6)14-7)10(13-12)11(3,4)5/h10,13H,12H2,1-6H3. The summed E-state index contributed by atoms with van der Waals surface area (Å²) in [5.74, 6) is 5.65. The molecule has 0 amide bonds. The van der Waals surface area contributed by atoms with Crippen molar-refractivity contribution in [3.63, 3.8) is 0 Å². The maximum absolute atomic E-state index is 5.65. The molecule has 0 spiro atoms. The number of hydrogen-bond donors (Lipinski definition) is 2. The highest BCUT2D eigenvalue weighted by Crippen LogP contribution is 2.35. The Morgan fingerprint density at radius 2 is 1.87 bits per heavy atom. The predicted molar refractivity (Wildman–Crippen MR) is 62.2 cm³/mol. The fourth-order valence-corrected chi connectivity index (χ4v) is 1.97. The number of rotatable bonds is 2. The average Bonchev–Trinajstić information content (AvgIpc) is 2.30. The Balaban J connectivity index is 3.24. The number of nitrogens with two attached hydrogens (primary N) is 1. The molecule has 4 heteroatoms. The van der Waals surface area contributed by atoms with Gasteiger partial charge < -0.3 is 0 Å². The van der Waals surface area contributed by atoms with Crippen LogP contribution in [0.15, 0.2) is 0 Å². The molecule has 0 radical (unpaired) electrons. The van der Waals surface area contributed by atoms with Crippen molar-refractivity contribution in [3.8, 4) is 0 Å². The zero-order chi connectivity index (χ0) is 11.8. The Hall–Kier alpha value is -0.870. The van der Waals surface area contributed by atoms with Crippen LogP contribution in [0.1, 0.15) is 43.8 Å². The summed E-state index contributed by atoms with van der Waals surface area (Å²) in [6, 6.07) is 0.131. The highest BCUT2D eigenvalue weighted by Gasteiger charge is 2.29. The third kappa shape index (κ3) is 2.21. The molecule has 1 aromatic heterocycles. The van der Waals surface area contributed by atoms with Crippen molar-refractivity contribution in [3.05, 3.63) is 17.0 Å². The van der Waals surface area contributed by atoms with E-state index in [9.17, 15) is 0 Å². The monoisotopic (exact) mass is 210 g/mol. The van der Waals surface area contributed by atoms with E-state index in [0.29, 0.717) is 0 Å². The second kappa shape index (κ2) is 3.94. The van der Waals surface area contributed by atoms with Gasteiger partial charge in [0.1, 0.15) is 0 Å². The van der Waals surface area contributed by atoms with Crippen LogP contribution in [0.25, 0.3) is 0 Å². The number of hydrazine groups is 1. The van der Waals surface area contributed by atoms with Gasteiger partial charge in [-0.1, -0.05) is 20.8 Å². The lowest BCUT2D eigenvalue weighted by Crippen LogP contribution is -2.37. The second-order valence-corrected chi connectivity index (χ2v) is 5.17. The molecule has 0 bridgehead atoms. The maximum Gasteiger partial charge on any atom is 0.0644 e. The van der Waals surface area contributed by atoms with E-state index >= 15 is 0 Å². The summed E-state index contributed by atoms with van der Waals surface area (Å²) in [7, 11) is 1.96. The maximum atomic E-state index is 5.65. The Labute approximate surface area is 91.8 Å². The average molecular weight is 210 g/mol. The predicted octanol–water partition coefficient (Wildman–Crippen LogP) is 1.59. The van der Waals surface area contributed by atoms with Gasteiger partial charge in [-0.2, -0.15) is 5.10 Å². The summed E-state index contributed by atoms with van der Waals surface area (Å²) in [5.41, 5.74) is 6.41. The number of nitrogens with zero attached hydrogens (tertiary/aromatic N) is 2. The minimum Gasteiger partial charge on any atom is -0.272 e. The molecular formula is C11H22N4. The third-order valence-corrected chi connectivity index (χ3v) is 2.89. The highest BCUT2D eigenvalue weighted by molar-refractivity contribution is 5.29. The van der Waals surface area contributed by atoms with E-state index in [4.69, 9.17) is 5.84 Å². The van der Waals surface area contributed by atoms with Crippen molar-refractivity contribution in [2.75, 3.05) is 0 Å². The number of hydrogen-bond acceptors (Lipinski definition) is 3. The van der Waals surface area contributed by atoms with E-state index in [1.165, 1.54) is 11.3 Å². The van der Waals surface area contributed by atoms with Gasteiger partial charge in [-0.3, -0.25) is 16.0 Å². The van der Waals surface area contributed by atoms with Crippen LogP contribution in [0.4, 0.5) is 0 Å². The van der Waals surface area contributed by atoms with E-state index in [2.05, 4.69) is 38.2 Å². The topological polar surface area (TPSA) is 55.9 Å². The van der Waals surface area contributed by atoms with Crippen LogP contribution < -0.4 is 11.3 Å². The van der Waals surface area contributed by atoms with E-state index in [0.717, 1.165) is 5.69 Å². The Bertz CT molecular complexity index is 346. The largest absolute Gasteiger partial charge is 0.272 e. The van der Waals surface area contributed by atoms with E-state index in [1.807, 2.05) is 18.7 Å². The van der Waals surface area contributed by atoms with E-state index in [1.54, 1.807) is 0 Å². The lowest BCUT2D eigenvalue weighted by molar-refractivity contribution is 0.273. The molecular weight excluding hydrogens is 188 g/mol. The minimum absolute atomic E-state index is 0.0767. The van der Waals surface area contributed by atoms with Gasteiger partial charge in [0.05, 0.1) is 11.7 Å². The van der Waals surface area contributed by atoms with Crippen LogP contribution in [0.2, 0.25) is 0 Å². The lowest BCUT2D eigenvalue weighted by Gasteiger charge is -2.30. The van der Waals surface area contributed by atoms with Gasteiger partial charge in [0.15, 0.2) is 0 Å². The van der Waals surface area contributed by atoms with Gasteiger partial charge in [0.2, 0.25) is 0 Å². The van der Waals surface area contributed by atoms with Crippen LogP contribution in [0.3, 0.4) is 0 Å². The molecule has 0 aromatic carbocycles. The van der Waals surface area contributed by atoms with Gasteiger partial charge in [0.25, 0.3) is 0 Å². The number of nitrogens with one attached hydrogen (secondary N) is 1. The summed E-state index contributed by atoms with van der Waals surface area (Å²) < 4.78 is 1.90. The lowest BCUT2D eigenvalue weighted by atomic mass is 9.82. The van der Waals surface area contributed by atoms with Crippen molar-refractivity contribution in [1.29, 1.82) is 0 Å². The van der Waals surface area contributed by atoms with Crippen molar-refractivity contribution >= 4 is 0 Å². The summed E-state index contributed by atoms with van der Waals surface area (Å²) in [5, 5.41) is 4.41. The molecule has 15 heavy (non-hydrogen) atoms. The molecule has 1 rings (SSSR count). The van der Waals surface area contributed by atoms with Gasteiger partial charge >= 0.3 is 0 Å². The zero-order valence-corrected chi connectivity index (χ0v) is 10.5. The van der Waals surface area contributed by atoms with Crippen LogP contribution in [0, 0.1) is 19.3 Å². The molecule has 4 nitrogen and oxygen atoms in total. The molecule has 1 atom stereocenters. The summed E-state index contributed by atoms with van der Waals surface area (Å²) in [6.07, 6.45) is 0. The second-order valence-electron chi connectivity index (χ2n) is 5.17. The fourth-order valence-electron chi connectivity index (χ4n) is 1.97. The first-order chi connectivity index (χ1) is 6.79. The zero-order valence-electron chi connectivity index (χ0n) is 10.5. The first-order valence-corrected chi connectivity index (χ1v) is 5.25. The molecule has 3 N–H and O–H groups in total. The van der Waals surface area contributed by atoms with Gasteiger partial charge in [-0.25, -0.2) is 0 Å². The summed E-state index contributed by atoms with van der Waals surface area (Å²) in [4.78, 5) is 0. The van der Waals surface area contributed by atoms with E-state index < -0.39 is 0 Å². The molecule has 1 aromatic rings. The van der Waals surface area contributed by atoms with Crippen molar-refractivity contribution in [2.24, 2.45) is 18.3 Å². The van der Waals surface area contributed by atoms with Crippen molar-refractivity contribution < 1.29 is 0 Å². The van der Waals surface area contributed by atoms with Crippen LogP contribution >= 0.6 is 0 Å². The van der Waals surface area contributed by atoms with Crippen molar-refractivity contribution in [2.45, 2.75) is 40.7 Å². The SMILES string of the molecule is Cc1nn(C)c(C)c1C(NN)C(C)(C)C. The molecule has 0 saturated heterocycles. The Morgan fingerprint density at radius 3 is 2.13 bits per heavy atom. The van der Waals surface area contributed by atoms with E-state index in [-0.39, 0.29) is 11.5 Å². The molecule has 1 heterocycles. The molecule has 86 valence electrons. The normalized spacial score (nSPS) is 14.3. The van der Waals surface area contributed by atoms with Gasteiger partial charge in [-0.15, -0.1) is 0 Å². The number of aromatic nitrogens is 2. The van der Waals surface area contributed by atoms with Gasteiger partial charge in [-0.05, 0) is 19.3 Å². The Morgan fingerprint density at radius 1 is 1.33 bits per heavy atom. The fraction of sp³-hybridized carbons (Fsp3) is 0.727. The highest BCUT2D eigenvalue weighted by atomic mass is 15.3. The third-order valence-electron chi connectivity index (χ3n) is 2.89. The Kier molecular flexibility index (Phi) is 3.21. The summed E-state index contributed by atoms with van der Waals surface area (Å²) in [6.45, 7) is 10.6. The molecule has 0 aliphatic carbocycles. The van der Waals surface area contributed by atoms with Crippen LogP contribution in [-0.2, 0) is 7.05 Å². The first-order valence-electron chi connectivity index (χ1n) is 5.25. The quantitative estimate of drug-likeness (QED) is 0.575. The van der Waals surface area contributed by atoms with Crippen molar-refractivity contribution in [1.82, 2.24) is 15.2 Å². The van der Waals surface area contributed by atoms with Crippen LogP contribution in [-0.4, -0.2) is 9.78 Å². The molecule has 0 fully saturated rings. The number of aryl methyl sites for hydroxylation is 2. The molecule has 0 aliphatic heterocycles.